The van der Waals surface area contributed by atoms with Crippen LogP contribution in [0.15, 0.2) is 24.4 Å². The number of hydrogen-bond donors (Lipinski definition) is 1. The van der Waals surface area contributed by atoms with E-state index in [0.29, 0.717) is 0 Å². The Morgan fingerprint density at radius 3 is 2.89 bits per heavy atom. The van der Waals surface area contributed by atoms with Crippen molar-refractivity contribution in [1.29, 1.82) is 0 Å². The van der Waals surface area contributed by atoms with E-state index in [1.807, 2.05) is 19.2 Å². The number of aromatic amines is 1. The number of aromatic nitrogens is 1. The van der Waals surface area contributed by atoms with Crippen LogP contribution in [-0.2, 0) is 0 Å². The highest BCUT2D eigenvalue weighted by molar-refractivity contribution is 5.59. The summed E-state index contributed by atoms with van der Waals surface area (Å²) in [5.74, 6) is 0. The molecule has 1 N–H and O–H groups in total. The van der Waals surface area contributed by atoms with Gasteiger partial charge in [-0.15, -0.1) is 0 Å². The topological polar surface area (TPSA) is 15.8 Å². The fourth-order valence-electron chi connectivity index (χ4n) is 0.731. The first-order valence-electron chi connectivity index (χ1n) is 3.11. The van der Waals surface area contributed by atoms with E-state index in [4.69, 9.17) is 0 Å². The highest BCUT2D eigenvalue weighted by Gasteiger charge is 1.90. The Morgan fingerprint density at radius 2 is 2.44 bits per heavy atom. The minimum Gasteiger partial charge on any atom is -0.361 e. The van der Waals surface area contributed by atoms with Crippen LogP contribution in [0.25, 0.3) is 5.57 Å². The van der Waals surface area contributed by atoms with Crippen molar-refractivity contribution in [2.75, 3.05) is 0 Å². The Morgan fingerprint density at radius 1 is 1.67 bits per heavy atom. The molecule has 0 spiro atoms. The van der Waals surface area contributed by atoms with Crippen molar-refractivity contribution < 1.29 is 0 Å². The van der Waals surface area contributed by atoms with Gasteiger partial charge in [-0.2, -0.15) is 0 Å². The molecule has 0 radical (unpaired) electrons. The fraction of sp³-hybridized carbons (Fsp3) is 0.250. The number of hydrogen-bond acceptors (Lipinski definition) is 0. The number of H-pyrrole nitrogens is 1. The van der Waals surface area contributed by atoms with Crippen LogP contribution in [0.3, 0.4) is 0 Å². The van der Waals surface area contributed by atoms with Crippen LogP contribution in [-0.4, -0.2) is 4.98 Å². The van der Waals surface area contributed by atoms with E-state index in [1.165, 1.54) is 11.3 Å². The second-order valence-corrected chi connectivity index (χ2v) is 2.06. The van der Waals surface area contributed by atoms with E-state index in [9.17, 15) is 0 Å². The predicted molar refractivity (Wildman–Crippen MR) is 40.1 cm³/mol. The standard InChI is InChI=1S/C8H11N/c1-3-7(2)8-5-4-6-9-8/h3-6,9H,1-2H3/b7-3-. The Balaban J connectivity index is 2.90. The molecule has 0 aliphatic carbocycles. The predicted octanol–water partition coefficient (Wildman–Crippen LogP) is 2.44. The summed E-state index contributed by atoms with van der Waals surface area (Å²) < 4.78 is 0. The molecule has 0 fully saturated rings. The van der Waals surface area contributed by atoms with Crippen molar-refractivity contribution in [3.05, 3.63) is 30.1 Å². The maximum absolute atomic E-state index is 3.12. The minimum atomic E-state index is 1.21. The van der Waals surface area contributed by atoms with Crippen molar-refractivity contribution in [2.45, 2.75) is 13.8 Å². The van der Waals surface area contributed by atoms with E-state index in [2.05, 4.69) is 24.1 Å². The molecular formula is C8H11N. The summed E-state index contributed by atoms with van der Waals surface area (Å²) in [6.07, 6.45) is 4.02. The highest BCUT2D eigenvalue weighted by Crippen LogP contribution is 2.08. The van der Waals surface area contributed by atoms with Crippen LogP contribution in [0.5, 0.6) is 0 Å². The van der Waals surface area contributed by atoms with Crippen molar-refractivity contribution in [1.82, 2.24) is 4.98 Å². The molecule has 9 heavy (non-hydrogen) atoms. The molecule has 48 valence electrons. The van der Waals surface area contributed by atoms with Gasteiger partial charge in [-0.3, -0.25) is 0 Å². The van der Waals surface area contributed by atoms with Gasteiger partial charge < -0.3 is 4.98 Å². The van der Waals surface area contributed by atoms with Crippen molar-refractivity contribution in [3.8, 4) is 0 Å². The molecule has 0 saturated carbocycles. The lowest BCUT2D eigenvalue weighted by Gasteiger charge is -1.91. The Labute approximate surface area is 55.4 Å². The molecule has 0 aliphatic rings. The third kappa shape index (κ3) is 1.22. The van der Waals surface area contributed by atoms with Crippen LogP contribution >= 0.6 is 0 Å². The Kier molecular flexibility index (Phi) is 1.73. The fourth-order valence-corrected chi connectivity index (χ4v) is 0.731. The first-order chi connectivity index (χ1) is 4.34. The minimum absolute atomic E-state index is 1.21. The van der Waals surface area contributed by atoms with E-state index < -0.39 is 0 Å². The lowest BCUT2D eigenvalue weighted by molar-refractivity contribution is 1.34. The SMILES string of the molecule is C/C=C(/C)c1ccc[nH]1. The van der Waals surface area contributed by atoms with Crippen LogP contribution < -0.4 is 0 Å². The van der Waals surface area contributed by atoms with Gasteiger partial charge in [-0.05, 0) is 31.6 Å². The molecule has 0 aromatic carbocycles. The zero-order valence-electron chi connectivity index (χ0n) is 5.81. The molecule has 0 atom stereocenters. The number of rotatable bonds is 1. The summed E-state index contributed by atoms with van der Waals surface area (Å²) >= 11 is 0. The average Bonchev–Trinajstić information content (AvgIpc) is 2.37. The van der Waals surface area contributed by atoms with Gasteiger partial charge in [0.05, 0.1) is 0 Å². The van der Waals surface area contributed by atoms with Gasteiger partial charge in [0.15, 0.2) is 0 Å². The smallest absolute Gasteiger partial charge is 0.0406 e. The molecule has 0 unspecified atom stereocenters. The monoisotopic (exact) mass is 121 g/mol. The molecular weight excluding hydrogens is 110 g/mol. The molecule has 1 aromatic rings. The van der Waals surface area contributed by atoms with E-state index >= 15 is 0 Å². The molecule has 1 nitrogen and oxygen atoms in total. The van der Waals surface area contributed by atoms with E-state index in [0.717, 1.165) is 0 Å². The quantitative estimate of drug-likeness (QED) is 0.587. The van der Waals surface area contributed by atoms with E-state index in [1.54, 1.807) is 0 Å². The molecule has 0 saturated heterocycles. The van der Waals surface area contributed by atoms with Gasteiger partial charge in [-0.25, -0.2) is 0 Å². The van der Waals surface area contributed by atoms with Crippen LogP contribution in [0.2, 0.25) is 0 Å². The van der Waals surface area contributed by atoms with E-state index in [-0.39, 0.29) is 0 Å². The Bertz CT molecular complexity index is 194. The summed E-state index contributed by atoms with van der Waals surface area (Å²) in [7, 11) is 0. The maximum atomic E-state index is 3.12. The molecule has 1 heteroatoms. The molecule has 1 heterocycles. The zero-order valence-corrected chi connectivity index (χ0v) is 5.81. The lowest BCUT2D eigenvalue weighted by atomic mass is 10.2. The van der Waals surface area contributed by atoms with Crippen molar-refractivity contribution in [2.24, 2.45) is 0 Å². The van der Waals surface area contributed by atoms with Gasteiger partial charge in [0.2, 0.25) is 0 Å². The Hall–Kier alpha value is -0.980. The largest absolute Gasteiger partial charge is 0.361 e. The molecule has 0 bridgehead atoms. The van der Waals surface area contributed by atoms with Gasteiger partial charge in [0.25, 0.3) is 0 Å². The molecule has 1 rings (SSSR count). The second-order valence-electron chi connectivity index (χ2n) is 2.06. The van der Waals surface area contributed by atoms with Crippen LogP contribution in [0.1, 0.15) is 19.5 Å². The molecule has 0 aliphatic heterocycles. The average molecular weight is 121 g/mol. The summed E-state index contributed by atoms with van der Waals surface area (Å²) in [6.45, 7) is 4.13. The zero-order chi connectivity index (χ0) is 6.69. The second kappa shape index (κ2) is 2.53. The van der Waals surface area contributed by atoms with Gasteiger partial charge >= 0.3 is 0 Å². The first-order valence-corrected chi connectivity index (χ1v) is 3.11. The normalized spacial score (nSPS) is 12.0. The summed E-state index contributed by atoms with van der Waals surface area (Å²) in [5, 5.41) is 0. The van der Waals surface area contributed by atoms with Crippen molar-refractivity contribution in [3.63, 3.8) is 0 Å². The number of nitrogens with one attached hydrogen (secondary N) is 1. The first kappa shape index (κ1) is 6.14. The number of allylic oxidation sites excluding steroid dienone is 2. The van der Waals surface area contributed by atoms with Gasteiger partial charge in [0, 0.05) is 11.9 Å². The molecule has 1 aromatic heterocycles. The van der Waals surface area contributed by atoms with Crippen molar-refractivity contribution >= 4 is 5.57 Å². The van der Waals surface area contributed by atoms with Gasteiger partial charge in [-0.1, -0.05) is 6.08 Å². The summed E-state index contributed by atoms with van der Waals surface area (Å²) in [4.78, 5) is 3.12. The van der Waals surface area contributed by atoms with Gasteiger partial charge in [0.1, 0.15) is 0 Å². The third-order valence-electron chi connectivity index (χ3n) is 1.46. The maximum Gasteiger partial charge on any atom is 0.0406 e. The lowest BCUT2D eigenvalue weighted by Crippen LogP contribution is -1.74. The summed E-state index contributed by atoms with van der Waals surface area (Å²) in [6, 6.07) is 4.07. The van der Waals surface area contributed by atoms with Crippen LogP contribution in [0, 0.1) is 0 Å². The highest BCUT2D eigenvalue weighted by atomic mass is 14.7. The van der Waals surface area contributed by atoms with Crippen LogP contribution in [0.4, 0.5) is 0 Å². The summed E-state index contributed by atoms with van der Waals surface area (Å²) in [5.41, 5.74) is 2.50. The third-order valence-corrected chi connectivity index (χ3v) is 1.46. The molecule has 0 amide bonds.